The first-order chi connectivity index (χ1) is 19.3. The Kier molecular flexibility index (Phi) is 3.85. The number of fused-ring (bicyclic) bond motifs is 6. The lowest BCUT2D eigenvalue weighted by Gasteiger charge is -2.05. The van der Waals surface area contributed by atoms with E-state index in [1.807, 2.05) is 67.6 Å². The normalized spacial score (nSPS) is 12.8. The maximum atomic E-state index is 14.9. The van der Waals surface area contributed by atoms with Crippen molar-refractivity contribution < 1.29 is 21.9 Å². The van der Waals surface area contributed by atoms with E-state index in [2.05, 4.69) is 4.85 Å². The van der Waals surface area contributed by atoms with Crippen LogP contribution in [0.4, 0.5) is 10.1 Å². The number of para-hydroxylation sites is 1. The highest BCUT2D eigenvalue weighted by Crippen LogP contribution is 2.45. The average Bonchev–Trinajstić information content (AvgIpc) is 3.54. The van der Waals surface area contributed by atoms with Gasteiger partial charge in [0.2, 0.25) is 5.69 Å². The summed E-state index contributed by atoms with van der Waals surface area (Å²) in [5.41, 5.74) is 5.70. The lowest BCUT2D eigenvalue weighted by atomic mass is 9.97. The molecule has 0 amide bonds. The van der Waals surface area contributed by atoms with Gasteiger partial charge in [0.25, 0.3) is 0 Å². The Hall–Kier alpha value is -4.95. The van der Waals surface area contributed by atoms with Crippen LogP contribution in [0.3, 0.4) is 0 Å². The monoisotopic (exact) mass is 486 g/mol. The van der Waals surface area contributed by atoms with Crippen LogP contribution in [-0.4, -0.2) is 0 Å². The minimum absolute atomic E-state index is 0.135. The van der Waals surface area contributed by atoms with Gasteiger partial charge in [-0.25, -0.2) is 13.8 Å². The van der Waals surface area contributed by atoms with Gasteiger partial charge in [-0.1, -0.05) is 48.5 Å². The number of pyridine rings is 1. The van der Waals surface area contributed by atoms with Crippen molar-refractivity contribution >= 4 is 49.6 Å². The fraction of sp³-hybridized carbons (Fsp3) is 0.0625. The highest BCUT2D eigenvalue weighted by Gasteiger charge is 2.24. The molecule has 0 bridgehead atoms. The van der Waals surface area contributed by atoms with E-state index in [-0.39, 0.29) is 11.9 Å². The van der Waals surface area contributed by atoms with E-state index >= 15 is 0 Å². The number of halogens is 1. The first-order valence-corrected chi connectivity index (χ1v) is 11.7. The first kappa shape index (κ1) is 18.3. The molecule has 176 valence electrons. The molecule has 3 heterocycles. The molecule has 5 heteroatoms. The molecule has 4 nitrogen and oxygen atoms in total. The number of rotatable bonds is 2. The molecule has 3 aromatic heterocycles. The molecule has 0 saturated carbocycles. The van der Waals surface area contributed by atoms with Gasteiger partial charge < -0.3 is 8.83 Å². The van der Waals surface area contributed by atoms with E-state index in [0.717, 1.165) is 33.1 Å². The van der Waals surface area contributed by atoms with Gasteiger partial charge in [0.1, 0.15) is 36.6 Å². The van der Waals surface area contributed by atoms with Gasteiger partial charge in [-0.15, -0.1) is 0 Å². The van der Waals surface area contributed by atoms with Gasteiger partial charge in [-0.2, -0.15) is 0 Å². The minimum Gasteiger partial charge on any atom is -0.456 e. The van der Waals surface area contributed by atoms with Crippen LogP contribution in [0.15, 0.2) is 93.8 Å². The third kappa shape index (κ3) is 3.09. The van der Waals surface area contributed by atoms with Crippen LogP contribution in [0.5, 0.6) is 0 Å². The van der Waals surface area contributed by atoms with Gasteiger partial charge >= 0.3 is 0 Å². The van der Waals surface area contributed by atoms with Crippen LogP contribution >= 0.6 is 0 Å². The van der Waals surface area contributed by atoms with Crippen molar-refractivity contribution in [2.75, 3.05) is 0 Å². The van der Waals surface area contributed by atoms with E-state index in [4.69, 9.17) is 19.5 Å². The van der Waals surface area contributed by atoms with Crippen LogP contribution in [0.2, 0.25) is 0 Å². The van der Waals surface area contributed by atoms with Gasteiger partial charge in [-0.05, 0) is 36.2 Å². The van der Waals surface area contributed by atoms with E-state index < -0.39 is 17.9 Å². The fourth-order valence-corrected chi connectivity index (χ4v) is 5.17. The van der Waals surface area contributed by atoms with E-state index in [0.29, 0.717) is 38.8 Å². The smallest absolute Gasteiger partial charge is 0.219 e. The summed E-state index contributed by atoms with van der Waals surface area (Å²) in [6, 6.07) is 20.0. The Morgan fingerprint density at radius 2 is 1.73 bits per heavy atom. The van der Waals surface area contributed by atoms with Crippen molar-refractivity contribution in [2.24, 2.45) is 7.05 Å². The predicted octanol–water partition coefficient (Wildman–Crippen LogP) is 8.64. The summed E-state index contributed by atoms with van der Waals surface area (Å²) in [5.74, 6) is -1.06. The van der Waals surface area contributed by atoms with E-state index in [9.17, 15) is 4.39 Å². The summed E-state index contributed by atoms with van der Waals surface area (Å²) in [6.07, 6.45) is -0.349. The molecule has 0 N–H and O–H groups in total. The average molecular weight is 487 g/mol. The van der Waals surface area contributed by atoms with Crippen LogP contribution in [0.1, 0.15) is 9.68 Å². The molecule has 0 saturated heterocycles. The number of furan rings is 2. The second kappa shape index (κ2) is 7.78. The molecule has 4 aromatic carbocycles. The summed E-state index contributed by atoms with van der Waals surface area (Å²) in [4.78, 5) is 3.75. The summed E-state index contributed by atoms with van der Waals surface area (Å²) in [6.45, 7) is 9.65. The zero-order valence-corrected chi connectivity index (χ0v) is 19.9. The number of nitrogens with zero attached hydrogens (tertiary/aromatic N) is 2. The quantitative estimate of drug-likeness (QED) is 0.181. The number of aryl methyl sites for hydroxylation is 1. The van der Waals surface area contributed by atoms with Crippen molar-refractivity contribution in [2.45, 2.75) is 6.92 Å². The molecule has 37 heavy (non-hydrogen) atoms. The summed E-state index contributed by atoms with van der Waals surface area (Å²) in [5, 5.41) is 3.29. The molecule has 0 atom stereocenters. The Balaban J connectivity index is 1.57. The second-order valence-electron chi connectivity index (χ2n) is 9.08. The van der Waals surface area contributed by atoms with Crippen molar-refractivity contribution in [3.8, 4) is 22.4 Å². The predicted molar refractivity (Wildman–Crippen MR) is 144 cm³/mol. The van der Waals surface area contributed by atoms with E-state index in [1.165, 1.54) is 11.6 Å². The molecular weight excluding hydrogens is 463 g/mol. The molecule has 0 spiro atoms. The van der Waals surface area contributed by atoms with Crippen molar-refractivity contribution in [1.29, 1.82) is 0 Å². The molecule has 0 unspecified atom stereocenters. The maximum Gasteiger partial charge on any atom is 0.219 e. The van der Waals surface area contributed by atoms with Gasteiger partial charge in [0.15, 0.2) is 11.9 Å². The topological polar surface area (TPSA) is 34.5 Å². The van der Waals surface area contributed by atoms with E-state index in [1.54, 1.807) is 6.07 Å². The zero-order chi connectivity index (χ0) is 27.9. The van der Waals surface area contributed by atoms with Gasteiger partial charge in [-0.3, -0.25) is 0 Å². The summed E-state index contributed by atoms with van der Waals surface area (Å²) < 4.78 is 53.5. The molecule has 0 aliphatic heterocycles. The van der Waals surface area contributed by atoms with Crippen LogP contribution in [-0.2, 0) is 7.05 Å². The number of benzene rings is 4. The Bertz CT molecular complexity index is 2230. The van der Waals surface area contributed by atoms with Gasteiger partial charge in [0, 0.05) is 39.2 Å². The summed E-state index contributed by atoms with van der Waals surface area (Å²) >= 11 is 0. The third-order valence-corrected chi connectivity index (χ3v) is 6.92. The summed E-state index contributed by atoms with van der Waals surface area (Å²) in [7, 11) is 1.53. The Labute approximate surface area is 215 Å². The fourth-order valence-electron chi connectivity index (χ4n) is 5.17. The molecule has 0 aliphatic rings. The zero-order valence-electron chi connectivity index (χ0n) is 22.9. The third-order valence-electron chi connectivity index (χ3n) is 6.92. The number of hydrogen-bond donors (Lipinski definition) is 0. The van der Waals surface area contributed by atoms with Crippen molar-refractivity contribution in [1.82, 2.24) is 0 Å². The number of hydrogen-bond acceptors (Lipinski definition) is 2. The van der Waals surface area contributed by atoms with Crippen LogP contribution in [0, 0.1) is 19.3 Å². The largest absolute Gasteiger partial charge is 0.456 e. The van der Waals surface area contributed by atoms with Crippen LogP contribution < -0.4 is 4.57 Å². The molecule has 0 aliphatic carbocycles. The maximum absolute atomic E-state index is 14.9. The Morgan fingerprint density at radius 3 is 2.59 bits per heavy atom. The second-order valence-corrected chi connectivity index (χ2v) is 9.08. The molecule has 7 aromatic rings. The Morgan fingerprint density at radius 1 is 0.919 bits per heavy atom. The van der Waals surface area contributed by atoms with Gasteiger partial charge in [0.05, 0.1) is 14.9 Å². The minimum atomic E-state index is -1.06. The first-order valence-electron chi connectivity index (χ1n) is 13.2. The highest BCUT2D eigenvalue weighted by atomic mass is 19.1. The number of aromatic nitrogens is 1. The van der Waals surface area contributed by atoms with Crippen LogP contribution in [0.25, 0.3) is 71.1 Å². The molecular formula is C32H20FN2O2+. The highest BCUT2D eigenvalue weighted by molar-refractivity contribution is 6.18. The molecule has 7 rings (SSSR count). The van der Waals surface area contributed by atoms with Crippen molar-refractivity contribution in [3.63, 3.8) is 0 Å². The molecule has 0 radical (unpaired) electrons. The molecule has 0 fully saturated rings. The standard InChI is InChI=1S/C32H20FN2O2/c1-18-8-10-24-30-25(34-2)13-12-21(19-9-11-23-22-6-4-5-7-27(22)36-28(23)16-19)31(30)37-32(24)29(18)26-17-20(33)14-15-35(26)3/h4-17H,1,3H3/q+1/i14D,15D,17D. The lowest BCUT2D eigenvalue weighted by molar-refractivity contribution is -0.660. The lowest BCUT2D eigenvalue weighted by Crippen LogP contribution is -2.30. The van der Waals surface area contributed by atoms with Crippen molar-refractivity contribution in [3.05, 3.63) is 108 Å². The SMILES string of the molecule is [2H]c1c(F)c([2H])c(-c2c(C)ccc3c2oc2c(-c4ccc5c(c4)oc4ccccc45)ccc([N+]#[C-])c23)[n+](C)c1[2H].